The summed E-state index contributed by atoms with van der Waals surface area (Å²) in [5.41, 5.74) is 2.10. The molecule has 0 bridgehead atoms. The van der Waals surface area contributed by atoms with Gasteiger partial charge in [-0.1, -0.05) is 6.92 Å². The van der Waals surface area contributed by atoms with Gasteiger partial charge in [0.05, 0.1) is 6.04 Å². The maximum Gasteiger partial charge on any atom is 0.145 e. The molecule has 2 aromatic rings. The Balaban J connectivity index is 2.15. The minimum absolute atomic E-state index is 0.0966. The van der Waals surface area contributed by atoms with Crippen molar-refractivity contribution >= 4 is 15.9 Å². The van der Waals surface area contributed by atoms with Gasteiger partial charge in [0.25, 0.3) is 0 Å². The van der Waals surface area contributed by atoms with Gasteiger partial charge < -0.3 is 5.32 Å². The maximum absolute atomic E-state index is 4.40. The topological polar surface area (TPSA) is 50.7 Å². The van der Waals surface area contributed by atoms with Crippen LogP contribution in [0.3, 0.4) is 0 Å². The first kappa shape index (κ1) is 14.1. The van der Waals surface area contributed by atoms with Gasteiger partial charge >= 0.3 is 0 Å². The predicted molar refractivity (Wildman–Crippen MR) is 78.8 cm³/mol. The number of pyridine rings is 1. The zero-order valence-corrected chi connectivity index (χ0v) is 12.7. The van der Waals surface area contributed by atoms with Gasteiger partial charge in [-0.15, -0.1) is 0 Å². The van der Waals surface area contributed by atoms with E-state index in [4.69, 9.17) is 0 Å². The number of halogens is 1. The van der Waals surface area contributed by atoms with E-state index in [0.717, 1.165) is 34.5 Å². The highest BCUT2D eigenvalue weighted by Gasteiger charge is 2.14. The Hall–Kier alpha value is -1.33. The number of nitrogens with zero attached hydrogens (tertiary/aromatic N) is 3. The molecule has 0 fully saturated rings. The first-order valence-electron chi connectivity index (χ1n) is 6.31. The van der Waals surface area contributed by atoms with Crippen molar-refractivity contribution < 1.29 is 0 Å². The third kappa shape index (κ3) is 4.08. The van der Waals surface area contributed by atoms with Gasteiger partial charge in [-0.25, -0.2) is 9.97 Å². The Morgan fingerprint density at radius 3 is 2.47 bits per heavy atom. The Labute approximate surface area is 121 Å². The Bertz CT molecular complexity index is 510. The first-order valence-corrected chi connectivity index (χ1v) is 7.10. The fraction of sp³-hybridized carbons (Fsp3) is 0.357. The molecule has 2 heterocycles. The summed E-state index contributed by atoms with van der Waals surface area (Å²) in [6, 6.07) is 4.11. The molecule has 1 N–H and O–H groups in total. The Morgan fingerprint density at radius 1 is 1.16 bits per heavy atom. The van der Waals surface area contributed by atoms with Crippen LogP contribution in [0.2, 0.25) is 0 Å². The molecular formula is C14H17BrN4. The number of nitrogens with one attached hydrogen (secondary N) is 1. The molecule has 1 atom stereocenters. The van der Waals surface area contributed by atoms with Crippen LogP contribution in [0.15, 0.2) is 35.2 Å². The second-order valence-corrected chi connectivity index (χ2v) is 5.32. The largest absolute Gasteiger partial charge is 0.307 e. The molecule has 0 saturated heterocycles. The Morgan fingerprint density at radius 2 is 1.89 bits per heavy atom. The number of hydrogen-bond donors (Lipinski definition) is 1. The standard InChI is InChI=1S/C14H17BrN4/c1-3-16-13(14-18-7-10(2)8-19-14)6-12-5-4-11(15)9-17-12/h4-5,7-9,13,16H,3,6H2,1-2H3. The molecule has 1 unspecified atom stereocenters. The molecule has 0 aliphatic rings. The summed E-state index contributed by atoms with van der Waals surface area (Å²) < 4.78 is 0.989. The third-order valence-corrected chi connectivity index (χ3v) is 3.23. The average molecular weight is 321 g/mol. The minimum atomic E-state index is 0.0966. The van der Waals surface area contributed by atoms with Crippen molar-refractivity contribution in [1.82, 2.24) is 20.3 Å². The van der Waals surface area contributed by atoms with Gasteiger partial charge in [0.2, 0.25) is 0 Å². The monoisotopic (exact) mass is 320 g/mol. The molecule has 0 saturated carbocycles. The lowest BCUT2D eigenvalue weighted by atomic mass is 10.1. The second-order valence-electron chi connectivity index (χ2n) is 4.40. The molecule has 19 heavy (non-hydrogen) atoms. The Kier molecular flexibility index (Phi) is 4.99. The normalized spacial score (nSPS) is 12.4. The number of likely N-dealkylation sites (N-methyl/N-ethyl adjacent to an activating group) is 1. The van der Waals surface area contributed by atoms with E-state index in [1.54, 1.807) is 0 Å². The SMILES string of the molecule is CCNC(Cc1ccc(Br)cn1)c1ncc(C)cn1. The first-order chi connectivity index (χ1) is 9.19. The van der Waals surface area contributed by atoms with Crippen molar-refractivity contribution in [2.45, 2.75) is 26.3 Å². The van der Waals surface area contributed by atoms with Crippen molar-refractivity contribution in [2.24, 2.45) is 0 Å². The molecule has 0 amide bonds. The van der Waals surface area contributed by atoms with Gasteiger partial charge in [0.15, 0.2) is 0 Å². The molecule has 0 aromatic carbocycles. The molecular weight excluding hydrogens is 304 g/mol. The van der Waals surface area contributed by atoms with Gasteiger partial charge in [-0.2, -0.15) is 0 Å². The van der Waals surface area contributed by atoms with E-state index in [0.29, 0.717) is 0 Å². The molecule has 4 nitrogen and oxygen atoms in total. The molecule has 100 valence electrons. The number of aromatic nitrogens is 3. The van der Waals surface area contributed by atoms with Crippen molar-refractivity contribution in [2.75, 3.05) is 6.54 Å². The molecule has 0 aliphatic carbocycles. The molecule has 2 aromatic heterocycles. The van der Waals surface area contributed by atoms with E-state index < -0.39 is 0 Å². The summed E-state index contributed by atoms with van der Waals surface area (Å²) >= 11 is 3.39. The lowest BCUT2D eigenvalue weighted by Gasteiger charge is -2.16. The van der Waals surface area contributed by atoms with E-state index in [1.807, 2.05) is 37.6 Å². The molecule has 5 heteroatoms. The van der Waals surface area contributed by atoms with Crippen LogP contribution < -0.4 is 5.32 Å². The highest BCUT2D eigenvalue weighted by Crippen LogP contribution is 2.15. The average Bonchev–Trinajstić information content (AvgIpc) is 2.42. The second kappa shape index (κ2) is 6.73. The molecule has 0 radical (unpaired) electrons. The van der Waals surface area contributed by atoms with Gasteiger partial charge in [0, 0.05) is 35.2 Å². The van der Waals surface area contributed by atoms with Crippen molar-refractivity contribution in [1.29, 1.82) is 0 Å². The van der Waals surface area contributed by atoms with E-state index in [1.165, 1.54) is 0 Å². The van der Waals surface area contributed by atoms with Crippen molar-refractivity contribution in [3.05, 3.63) is 52.3 Å². The van der Waals surface area contributed by atoms with Crippen LogP contribution in [-0.2, 0) is 6.42 Å². The quantitative estimate of drug-likeness (QED) is 0.920. The van der Waals surface area contributed by atoms with Crippen molar-refractivity contribution in [3.8, 4) is 0 Å². The van der Waals surface area contributed by atoms with E-state index in [9.17, 15) is 0 Å². The zero-order chi connectivity index (χ0) is 13.7. The molecule has 2 rings (SSSR count). The summed E-state index contributed by atoms with van der Waals surface area (Å²) in [4.78, 5) is 13.2. The van der Waals surface area contributed by atoms with E-state index in [-0.39, 0.29) is 6.04 Å². The third-order valence-electron chi connectivity index (χ3n) is 2.77. The zero-order valence-electron chi connectivity index (χ0n) is 11.1. The van der Waals surface area contributed by atoms with Crippen LogP contribution in [0.25, 0.3) is 0 Å². The number of rotatable bonds is 5. The van der Waals surface area contributed by atoms with Crippen LogP contribution >= 0.6 is 15.9 Å². The van der Waals surface area contributed by atoms with Crippen molar-refractivity contribution in [3.63, 3.8) is 0 Å². The van der Waals surface area contributed by atoms with Gasteiger partial charge in [-0.3, -0.25) is 4.98 Å². The number of aryl methyl sites for hydroxylation is 1. The summed E-state index contributed by atoms with van der Waals surface area (Å²) in [5.74, 6) is 0.817. The summed E-state index contributed by atoms with van der Waals surface area (Å²) in [6.45, 7) is 4.94. The molecule has 0 spiro atoms. The van der Waals surface area contributed by atoms with Gasteiger partial charge in [0.1, 0.15) is 5.82 Å². The minimum Gasteiger partial charge on any atom is -0.307 e. The summed E-state index contributed by atoms with van der Waals surface area (Å²) in [6.07, 6.45) is 6.29. The number of hydrogen-bond acceptors (Lipinski definition) is 4. The summed E-state index contributed by atoms with van der Waals surface area (Å²) in [5, 5.41) is 3.40. The fourth-order valence-corrected chi connectivity index (χ4v) is 2.05. The van der Waals surface area contributed by atoms with Crippen LogP contribution in [0.1, 0.15) is 30.0 Å². The highest BCUT2D eigenvalue weighted by molar-refractivity contribution is 9.10. The van der Waals surface area contributed by atoms with E-state index in [2.05, 4.69) is 43.1 Å². The predicted octanol–water partition coefficient (Wildman–Crippen LogP) is 2.84. The van der Waals surface area contributed by atoms with E-state index >= 15 is 0 Å². The maximum atomic E-state index is 4.40. The summed E-state index contributed by atoms with van der Waals surface area (Å²) in [7, 11) is 0. The van der Waals surface area contributed by atoms with Crippen LogP contribution in [0, 0.1) is 6.92 Å². The van der Waals surface area contributed by atoms with Gasteiger partial charge in [-0.05, 0) is 47.1 Å². The highest BCUT2D eigenvalue weighted by atomic mass is 79.9. The van der Waals surface area contributed by atoms with Crippen LogP contribution in [0.4, 0.5) is 0 Å². The molecule has 0 aliphatic heterocycles. The smallest absolute Gasteiger partial charge is 0.145 e. The lowest BCUT2D eigenvalue weighted by Crippen LogP contribution is -2.25. The fourth-order valence-electron chi connectivity index (χ4n) is 1.82. The van der Waals surface area contributed by atoms with Crippen LogP contribution in [-0.4, -0.2) is 21.5 Å². The lowest BCUT2D eigenvalue weighted by molar-refractivity contribution is 0.516. The van der Waals surface area contributed by atoms with Crippen LogP contribution in [0.5, 0.6) is 0 Å².